The van der Waals surface area contributed by atoms with Crippen LogP contribution in [0.25, 0.3) is 11.4 Å². The van der Waals surface area contributed by atoms with E-state index in [0.717, 1.165) is 42.7 Å². The number of carbonyl (C=O) groups is 1. The maximum Gasteiger partial charge on any atom is 0.137 e. The molecule has 5 nitrogen and oxygen atoms in total. The van der Waals surface area contributed by atoms with E-state index in [-0.39, 0.29) is 0 Å². The van der Waals surface area contributed by atoms with Gasteiger partial charge in [-0.2, -0.15) is 5.10 Å². The van der Waals surface area contributed by atoms with Gasteiger partial charge in [0, 0.05) is 12.6 Å². The third-order valence-corrected chi connectivity index (χ3v) is 4.54. The molecule has 2 aromatic heterocycles. The molecule has 0 fully saturated rings. The van der Waals surface area contributed by atoms with Gasteiger partial charge < -0.3 is 9.53 Å². The molecular formula is C21H23N3O2. The second-order valence-corrected chi connectivity index (χ2v) is 6.33. The fourth-order valence-electron chi connectivity index (χ4n) is 3.11. The normalized spacial score (nSPS) is 17.5. The Morgan fingerprint density at radius 2 is 2.23 bits per heavy atom. The minimum absolute atomic E-state index is 0.457. The predicted molar refractivity (Wildman–Crippen MR) is 102 cm³/mol. The van der Waals surface area contributed by atoms with E-state index in [0.29, 0.717) is 18.9 Å². The summed E-state index contributed by atoms with van der Waals surface area (Å²) in [4.78, 5) is 14.9. The molecule has 2 aromatic rings. The van der Waals surface area contributed by atoms with Crippen LogP contribution in [-0.4, -0.2) is 28.1 Å². The lowest BCUT2D eigenvalue weighted by atomic mass is 9.84. The Morgan fingerprint density at radius 1 is 1.31 bits per heavy atom. The first-order valence-electron chi connectivity index (χ1n) is 8.83. The van der Waals surface area contributed by atoms with Crippen molar-refractivity contribution in [2.75, 3.05) is 6.61 Å². The van der Waals surface area contributed by atoms with E-state index in [2.05, 4.69) is 27.8 Å². The molecule has 0 spiro atoms. The van der Waals surface area contributed by atoms with Crippen LogP contribution in [0.1, 0.15) is 25.7 Å². The summed E-state index contributed by atoms with van der Waals surface area (Å²) >= 11 is 0. The predicted octanol–water partition coefficient (Wildman–Crippen LogP) is 4.28. The number of rotatable bonds is 8. The molecule has 0 radical (unpaired) electrons. The van der Waals surface area contributed by atoms with Gasteiger partial charge in [0.15, 0.2) is 0 Å². The summed E-state index contributed by atoms with van der Waals surface area (Å²) in [5, 5.41) is 6.83. The first kappa shape index (κ1) is 17.9. The molecule has 1 atom stereocenters. The van der Waals surface area contributed by atoms with Crippen LogP contribution in [0.15, 0.2) is 66.5 Å². The number of aldehydes is 1. The molecular weight excluding hydrogens is 326 g/mol. The second kappa shape index (κ2) is 8.94. The number of pyridine rings is 1. The summed E-state index contributed by atoms with van der Waals surface area (Å²) in [6, 6.07) is 5.74. The van der Waals surface area contributed by atoms with E-state index in [1.807, 2.05) is 30.4 Å². The maximum atomic E-state index is 10.4. The van der Waals surface area contributed by atoms with Gasteiger partial charge in [-0.25, -0.2) is 0 Å². The lowest BCUT2D eigenvalue weighted by molar-refractivity contribution is -0.107. The molecule has 0 saturated carbocycles. The lowest BCUT2D eigenvalue weighted by Gasteiger charge is -2.25. The lowest BCUT2D eigenvalue weighted by Crippen LogP contribution is -2.17. The maximum absolute atomic E-state index is 10.4. The van der Waals surface area contributed by atoms with Gasteiger partial charge in [-0.1, -0.05) is 24.8 Å². The molecule has 1 aliphatic carbocycles. The van der Waals surface area contributed by atoms with Crippen molar-refractivity contribution in [1.82, 2.24) is 15.2 Å². The van der Waals surface area contributed by atoms with Crippen LogP contribution in [0.5, 0.6) is 5.75 Å². The van der Waals surface area contributed by atoms with E-state index in [1.165, 1.54) is 11.1 Å². The summed E-state index contributed by atoms with van der Waals surface area (Å²) in [6.07, 6.45) is 13.7. The third kappa shape index (κ3) is 4.57. The highest BCUT2D eigenvalue weighted by atomic mass is 16.5. The smallest absolute Gasteiger partial charge is 0.137 e. The molecule has 3 rings (SSSR count). The Labute approximate surface area is 153 Å². The second-order valence-electron chi connectivity index (χ2n) is 6.33. The van der Waals surface area contributed by atoms with Crippen molar-refractivity contribution in [3.8, 4) is 17.1 Å². The third-order valence-electron chi connectivity index (χ3n) is 4.54. The molecule has 1 unspecified atom stereocenters. The van der Waals surface area contributed by atoms with E-state index in [9.17, 15) is 4.79 Å². The van der Waals surface area contributed by atoms with Gasteiger partial charge in [0.1, 0.15) is 12.0 Å². The van der Waals surface area contributed by atoms with E-state index < -0.39 is 0 Å². The van der Waals surface area contributed by atoms with E-state index >= 15 is 0 Å². The molecule has 1 N–H and O–H groups in total. The number of carbonyl (C=O) groups excluding carboxylic acids is 1. The Kier molecular flexibility index (Phi) is 6.14. The Hall–Kier alpha value is -2.95. The van der Waals surface area contributed by atoms with Gasteiger partial charge in [-0.3, -0.25) is 10.1 Å². The summed E-state index contributed by atoms with van der Waals surface area (Å²) in [5.74, 6) is 1.23. The van der Waals surface area contributed by atoms with Crippen molar-refractivity contribution < 1.29 is 9.53 Å². The van der Waals surface area contributed by atoms with Crippen molar-refractivity contribution in [3.05, 3.63) is 66.5 Å². The number of nitrogens with zero attached hydrogens (tertiary/aromatic N) is 2. The molecule has 134 valence electrons. The molecule has 0 aliphatic heterocycles. The molecule has 26 heavy (non-hydrogen) atoms. The Morgan fingerprint density at radius 3 is 2.92 bits per heavy atom. The largest absolute Gasteiger partial charge is 0.492 e. The summed E-state index contributed by atoms with van der Waals surface area (Å²) in [5.41, 5.74) is 4.26. The number of ether oxygens (including phenoxy) is 1. The van der Waals surface area contributed by atoms with Crippen LogP contribution in [0.4, 0.5) is 0 Å². The van der Waals surface area contributed by atoms with Crippen molar-refractivity contribution >= 4 is 6.29 Å². The quantitative estimate of drug-likeness (QED) is 0.722. The number of H-pyrrole nitrogens is 1. The minimum atomic E-state index is 0.457. The SMILES string of the molecule is C=CC1=C(/C=C\CC=O)CCC(COc2ccc(-c3ccn[nH]3)nc2)C1. The van der Waals surface area contributed by atoms with Crippen molar-refractivity contribution in [2.45, 2.75) is 25.7 Å². The summed E-state index contributed by atoms with van der Waals surface area (Å²) < 4.78 is 5.93. The highest BCUT2D eigenvalue weighted by Gasteiger charge is 2.19. The monoisotopic (exact) mass is 349 g/mol. The van der Waals surface area contributed by atoms with Crippen molar-refractivity contribution in [2.24, 2.45) is 5.92 Å². The molecule has 0 bridgehead atoms. The zero-order chi connectivity index (χ0) is 18.2. The average molecular weight is 349 g/mol. The standard InChI is InChI=1S/C21H23N3O2/c1-2-17-13-16(6-7-18(17)5-3-4-12-25)15-26-19-8-9-20(22-14-19)21-10-11-23-24-21/h2-3,5,8-12,14,16H,1,4,6-7,13,15H2,(H,23,24)/b5-3-. The van der Waals surface area contributed by atoms with Gasteiger partial charge in [-0.15, -0.1) is 0 Å². The van der Waals surface area contributed by atoms with Crippen LogP contribution >= 0.6 is 0 Å². The molecule has 5 heteroatoms. The average Bonchev–Trinajstić information content (AvgIpc) is 3.22. The molecule has 0 aromatic carbocycles. The fourth-order valence-corrected chi connectivity index (χ4v) is 3.11. The highest BCUT2D eigenvalue weighted by molar-refractivity contribution is 5.53. The zero-order valence-corrected chi connectivity index (χ0v) is 14.7. The number of hydrogen-bond donors (Lipinski definition) is 1. The van der Waals surface area contributed by atoms with Crippen molar-refractivity contribution in [1.29, 1.82) is 0 Å². The first-order chi connectivity index (χ1) is 12.8. The Balaban J connectivity index is 1.55. The van der Waals surface area contributed by atoms with Crippen LogP contribution in [0.3, 0.4) is 0 Å². The number of aromatic nitrogens is 3. The van der Waals surface area contributed by atoms with Crippen LogP contribution in [0.2, 0.25) is 0 Å². The van der Waals surface area contributed by atoms with E-state index in [4.69, 9.17) is 4.74 Å². The Bertz CT molecular complexity index is 789. The zero-order valence-electron chi connectivity index (χ0n) is 14.7. The molecule has 0 saturated heterocycles. The van der Waals surface area contributed by atoms with E-state index in [1.54, 1.807) is 12.4 Å². The number of nitrogens with one attached hydrogen (secondary N) is 1. The molecule has 2 heterocycles. The van der Waals surface area contributed by atoms with Gasteiger partial charge in [0.05, 0.1) is 24.2 Å². The summed E-state index contributed by atoms with van der Waals surface area (Å²) in [7, 11) is 0. The number of allylic oxidation sites excluding steroid dienone is 5. The van der Waals surface area contributed by atoms with Gasteiger partial charge in [0.25, 0.3) is 0 Å². The molecule has 1 aliphatic rings. The fraction of sp³-hybridized carbons (Fsp3) is 0.286. The topological polar surface area (TPSA) is 67.9 Å². The van der Waals surface area contributed by atoms with Crippen LogP contribution in [-0.2, 0) is 4.79 Å². The number of aromatic amines is 1. The summed E-state index contributed by atoms with van der Waals surface area (Å²) in [6.45, 7) is 4.59. The van der Waals surface area contributed by atoms with Crippen molar-refractivity contribution in [3.63, 3.8) is 0 Å². The van der Waals surface area contributed by atoms with Gasteiger partial charge in [-0.05, 0) is 54.5 Å². The first-order valence-corrected chi connectivity index (χ1v) is 8.83. The highest BCUT2D eigenvalue weighted by Crippen LogP contribution is 2.31. The van der Waals surface area contributed by atoms with Gasteiger partial charge >= 0.3 is 0 Å². The minimum Gasteiger partial charge on any atom is -0.492 e. The number of hydrogen-bond acceptors (Lipinski definition) is 4. The van der Waals surface area contributed by atoms with Gasteiger partial charge in [0.2, 0.25) is 0 Å². The molecule has 0 amide bonds. The van der Waals surface area contributed by atoms with Crippen LogP contribution < -0.4 is 4.74 Å². The van der Waals surface area contributed by atoms with Crippen LogP contribution in [0, 0.1) is 5.92 Å².